The van der Waals surface area contributed by atoms with Crippen LogP contribution < -0.4 is 10.5 Å². The van der Waals surface area contributed by atoms with Gasteiger partial charge in [-0.15, -0.1) is 0 Å². The molecule has 1 saturated carbocycles. The first-order valence-electron chi connectivity index (χ1n) is 8.95. The molecule has 5 nitrogen and oxygen atoms in total. The van der Waals surface area contributed by atoms with Gasteiger partial charge in [0.2, 0.25) is 0 Å². The predicted molar refractivity (Wildman–Crippen MR) is 101 cm³/mol. The Hall–Kier alpha value is -3.15. The summed E-state index contributed by atoms with van der Waals surface area (Å²) < 4.78 is 20.3. The van der Waals surface area contributed by atoms with Gasteiger partial charge in [0.05, 0.1) is 36.1 Å². The number of hydrogen-bond acceptors (Lipinski definition) is 4. The lowest BCUT2D eigenvalue weighted by Gasteiger charge is -2.14. The molecule has 2 aromatic carbocycles. The molecule has 6 heteroatoms. The Balaban J connectivity index is 1.79. The number of ether oxygens (including phenoxy) is 1. The topological polar surface area (TPSA) is 68.5 Å². The number of carbonyl (C=O) groups is 1. The van der Waals surface area contributed by atoms with E-state index in [2.05, 4.69) is 0 Å². The van der Waals surface area contributed by atoms with Gasteiger partial charge in [0, 0.05) is 22.6 Å². The van der Waals surface area contributed by atoms with Crippen molar-refractivity contribution in [2.75, 3.05) is 12.8 Å². The lowest BCUT2D eigenvalue weighted by molar-refractivity contribution is 0.0767. The van der Waals surface area contributed by atoms with Crippen LogP contribution in [0.2, 0.25) is 0 Å². The Morgan fingerprint density at radius 1 is 1.19 bits per heavy atom. The predicted octanol–water partition coefficient (Wildman–Crippen LogP) is 3.75. The summed E-state index contributed by atoms with van der Waals surface area (Å²) in [5.74, 6) is 0.0882. The van der Waals surface area contributed by atoms with E-state index in [1.165, 1.54) is 6.07 Å². The maximum absolute atomic E-state index is 14.9. The van der Waals surface area contributed by atoms with Crippen LogP contribution in [0.5, 0.6) is 5.75 Å². The van der Waals surface area contributed by atoms with Crippen molar-refractivity contribution in [1.82, 2.24) is 9.88 Å². The first kappa shape index (κ1) is 16.1. The van der Waals surface area contributed by atoms with E-state index in [1.54, 1.807) is 25.3 Å². The zero-order valence-corrected chi connectivity index (χ0v) is 14.8. The molecule has 1 aliphatic heterocycles. The van der Waals surface area contributed by atoms with Crippen molar-refractivity contribution in [1.29, 1.82) is 0 Å². The van der Waals surface area contributed by atoms with Crippen molar-refractivity contribution in [2.24, 2.45) is 0 Å². The average molecular weight is 363 g/mol. The molecule has 5 rings (SSSR count). The van der Waals surface area contributed by atoms with E-state index >= 15 is 0 Å². The Bertz CT molecular complexity index is 1110. The lowest BCUT2D eigenvalue weighted by Crippen LogP contribution is -2.26. The number of nitrogen functional groups attached to an aromatic ring is 1. The van der Waals surface area contributed by atoms with E-state index in [9.17, 15) is 9.18 Å². The number of aromatic nitrogens is 1. The van der Waals surface area contributed by atoms with E-state index in [4.69, 9.17) is 15.5 Å². The minimum Gasteiger partial charge on any atom is -0.496 e. The van der Waals surface area contributed by atoms with Gasteiger partial charge in [-0.1, -0.05) is 18.2 Å². The summed E-state index contributed by atoms with van der Waals surface area (Å²) in [6, 6.07) is 10.5. The van der Waals surface area contributed by atoms with Crippen LogP contribution in [0, 0.1) is 5.82 Å². The van der Waals surface area contributed by atoms with Gasteiger partial charge in [0.15, 0.2) is 0 Å². The molecule has 0 bridgehead atoms. The molecule has 3 aromatic rings. The van der Waals surface area contributed by atoms with Crippen LogP contribution in [0.15, 0.2) is 36.4 Å². The smallest absolute Gasteiger partial charge is 0.258 e. The summed E-state index contributed by atoms with van der Waals surface area (Å²) in [4.78, 5) is 19.3. The molecule has 2 heterocycles. The van der Waals surface area contributed by atoms with Crippen molar-refractivity contribution in [3.63, 3.8) is 0 Å². The van der Waals surface area contributed by atoms with Crippen molar-refractivity contribution < 1.29 is 13.9 Å². The number of nitrogens with two attached hydrogens (primary N) is 1. The Kier molecular flexibility index (Phi) is 3.37. The van der Waals surface area contributed by atoms with Gasteiger partial charge in [0.1, 0.15) is 11.6 Å². The molecule has 1 aromatic heterocycles. The number of rotatable bonds is 3. The number of anilines is 1. The molecule has 1 fully saturated rings. The van der Waals surface area contributed by atoms with Gasteiger partial charge in [-0.05, 0) is 31.0 Å². The molecule has 2 aliphatic rings. The third-order valence-electron chi connectivity index (χ3n) is 5.38. The summed E-state index contributed by atoms with van der Waals surface area (Å²) in [6.45, 7) is 0.431. The van der Waals surface area contributed by atoms with Gasteiger partial charge in [-0.25, -0.2) is 9.37 Å². The van der Waals surface area contributed by atoms with Crippen LogP contribution in [0.4, 0.5) is 10.1 Å². The monoisotopic (exact) mass is 363 g/mol. The van der Waals surface area contributed by atoms with E-state index in [0.29, 0.717) is 51.3 Å². The van der Waals surface area contributed by atoms with Crippen LogP contribution in [-0.2, 0) is 6.54 Å². The Labute approximate surface area is 155 Å². The highest BCUT2D eigenvalue weighted by Gasteiger charge is 2.40. The second-order valence-electron chi connectivity index (χ2n) is 7.03. The maximum atomic E-state index is 14.9. The average Bonchev–Trinajstić information content (AvgIpc) is 3.46. The van der Waals surface area contributed by atoms with Gasteiger partial charge >= 0.3 is 0 Å². The van der Waals surface area contributed by atoms with Crippen LogP contribution >= 0.6 is 0 Å². The van der Waals surface area contributed by atoms with E-state index < -0.39 is 5.82 Å². The summed E-state index contributed by atoms with van der Waals surface area (Å²) in [5, 5.41) is 0.585. The number of amides is 1. The standard InChI is InChI=1S/C21H18FN3O2/c1-27-16-5-3-2-4-12(16)17-14(22)9-8-13-19(23)18-15(24-20(13)17)10-25(21(18)26)11-6-7-11/h2-5,8-9,11H,6-7,10H2,1H3,(H2,23,24). The van der Waals surface area contributed by atoms with Gasteiger partial charge < -0.3 is 15.4 Å². The molecular weight excluding hydrogens is 345 g/mol. The molecule has 136 valence electrons. The fraction of sp³-hybridized carbons (Fsp3) is 0.238. The van der Waals surface area contributed by atoms with Crippen molar-refractivity contribution in [2.45, 2.75) is 25.4 Å². The maximum Gasteiger partial charge on any atom is 0.258 e. The third kappa shape index (κ3) is 2.29. The third-order valence-corrected chi connectivity index (χ3v) is 5.38. The number of benzene rings is 2. The number of hydrogen-bond donors (Lipinski definition) is 1. The van der Waals surface area contributed by atoms with E-state index in [1.807, 2.05) is 17.0 Å². The first-order valence-corrected chi connectivity index (χ1v) is 8.95. The summed E-state index contributed by atoms with van der Waals surface area (Å²) in [6.07, 6.45) is 2.03. The molecule has 0 unspecified atom stereocenters. The van der Waals surface area contributed by atoms with Gasteiger partial charge in [-0.3, -0.25) is 4.79 Å². The molecule has 27 heavy (non-hydrogen) atoms. The van der Waals surface area contributed by atoms with E-state index in [-0.39, 0.29) is 11.9 Å². The first-order chi connectivity index (χ1) is 13.1. The number of methoxy groups -OCH3 is 1. The minimum absolute atomic E-state index is 0.0671. The molecule has 0 spiro atoms. The van der Waals surface area contributed by atoms with Crippen molar-refractivity contribution >= 4 is 22.5 Å². The van der Waals surface area contributed by atoms with Crippen LogP contribution in [0.3, 0.4) is 0 Å². The SMILES string of the molecule is COc1ccccc1-c1c(F)ccc2c(N)c3c(nc12)CN(C1CC1)C3=O. The molecule has 0 saturated heterocycles. The lowest BCUT2D eigenvalue weighted by atomic mass is 9.98. The number of fused-ring (bicyclic) bond motifs is 2. The molecule has 1 aliphatic carbocycles. The summed E-state index contributed by atoms with van der Waals surface area (Å²) in [5.41, 5.74) is 9.25. The molecule has 0 radical (unpaired) electrons. The zero-order valence-electron chi connectivity index (χ0n) is 14.8. The quantitative estimate of drug-likeness (QED) is 0.769. The van der Waals surface area contributed by atoms with Crippen LogP contribution in [0.1, 0.15) is 28.9 Å². The fourth-order valence-electron chi connectivity index (χ4n) is 3.90. The number of nitrogens with zero attached hydrogens (tertiary/aromatic N) is 2. The fourth-order valence-corrected chi connectivity index (χ4v) is 3.90. The Morgan fingerprint density at radius 2 is 1.96 bits per heavy atom. The molecular formula is C21H18FN3O2. The molecule has 2 N–H and O–H groups in total. The highest BCUT2D eigenvalue weighted by molar-refractivity contribution is 6.11. The van der Waals surface area contributed by atoms with Crippen molar-refractivity contribution in [3.8, 4) is 16.9 Å². The van der Waals surface area contributed by atoms with Gasteiger partial charge in [0.25, 0.3) is 5.91 Å². The summed E-state index contributed by atoms with van der Waals surface area (Å²) >= 11 is 0. The largest absolute Gasteiger partial charge is 0.496 e. The number of pyridine rings is 1. The second kappa shape index (κ2) is 5.67. The van der Waals surface area contributed by atoms with Gasteiger partial charge in [-0.2, -0.15) is 0 Å². The highest BCUT2D eigenvalue weighted by Crippen LogP contribution is 2.42. The number of carbonyl (C=O) groups excluding carboxylic acids is 1. The van der Waals surface area contributed by atoms with Crippen LogP contribution in [-0.4, -0.2) is 28.9 Å². The van der Waals surface area contributed by atoms with Crippen molar-refractivity contribution in [3.05, 3.63) is 53.5 Å². The highest BCUT2D eigenvalue weighted by atomic mass is 19.1. The second-order valence-corrected chi connectivity index (χ2v) is 7.03. The van der Waals surface area contributed by atoms with Crippen LogP contribution in [0.25, 0.3) is 22.0 Å². The summed E-state index contributed by atoms with van der Waals surface area (Å²) in [7, 11) is 1.55. The normalized spacial score (nSPS) is 16.1. The van der Waals surface area contributed by atoms with E-state index in [0.717, 1.165) is 12.8 Å². The molecule has 1 amide bonds. The number of para-hydroxylation sites is 1. The zero-order chi connectivity index (χ0) is 18.7. The Morgan fingerprint density at radius 3 is 2.70 bits per heavy atom. The minimum atomic E-state index is -0.401. The number of halogens is 1. The molecule has 0 atom stereocenters.